The molecule has 13 heavy (non-hydrogen) atoms. The van der Waals surface area contributed by atoms with Crippen LogP contribution in [0.2, 0.25) is 0 Å². The van der Waals surface area contributed by atoms with Crippen LogP contribution >= 0.6 is 11.8 Å². The van der Waals surface area contributed by atoms with E-state index in [2.05, 4.69) is 25.9 Å². The molecule has 1 saturated heterocycles. The van der Waals surface area contributed by atoms with Crippen LogP contribution in [0.4, 0.5) is 0 Å². The summed E-state index contributed by atoms with van der Waals surface area (Å²) in [7, 11) is 0. The number of H-pyrrole nitrogens is 1. The summed E-state index contributed by atoms with van der Waals surface area (Å²) in [5.41, 5.74) is 0. The van der Waals surface area contributed by atoms with Gasteiger partial charge in [-0.25, -0.2) is 0 Å². The van der Waals surface area contributed by atoms with E-state index in [1.54, 1.807) is 0 Å². The molecule has 6 heteroatoms. The molecule has 2 heterocycles. The van der Waals surface area contributed by atoms with Gasteiger partial charge in [-0.1, -0.05) is 5.21 Å². The predicted molar refractivity (Wildman–Crippen MR) is 51.3 cm³/mol. The summed E-state index contributed by atoms with van der Waals surface area (Å²) in [5.74, 6) is 4.18. The fourth-order valence-corrected chi connectivity index (χ4v) is 2.67. The zero-order chi connectivity index (χ0) is 8.93. The average Bonchev–Trinajstić information content (AvgIpc) is 2.75. The van der Waals surface area contributed by atoms with Crippen LogP contribution in [0.3, 0.4) is 0 Å². The van der Waals surface area contributed by atoms with Crippen molar-refractivity contribution in [1.82, 2.24) is 25.9 Å². The summed E-state index contributed by atoms with van der Waals surface area (Å²) in [5, 5.41) is 17.0. The number of rotatable bonds is 4. The second kappa shape index (κ2) is 4.57. The highest BCUT2D eigenvalue weighted by atomic mass is 32.2. The number of tetrazole rings is 1. The summed E-state index contributed by atoms with van der Waals surface area (Å²) in [6.07, 6.45) is 1.34. The van der Waals surface area contributed by atoms with Crippen LogP contribution < -0.4 is 5.32 Å². The van der Waals surface area contributed by atoms with Gasteiger partial charge in [0.25, 0.3) is 0 Å². The molecule has 2 N–H and O–H groups in total. The normalized spacial score (nSPS) is 22.3. The van der Waals surface area contributed by atoms with E-state index in [-0.39, 0.29) is 0 Å². The Hall–Kier alpha value is -0.620. The zero-order valence-electron chi connectivity index (χ0n) is 7.36. The van der Waals surface area contributed by atoms with Gasteiger partial charge in [0.05, 0.1) is 6.54 Å². The summed E-state index contributed by atoms with van der Waals surface area (Å²) >= 11 is 2.04. The fourth-order valence-electron chi connectivity index (χ4n) is 1.39. The first-order valence-corrected chi connectivity index (χ1v) is 5.61. The van der Waals surface area contributed by atoms with Crippen molar-refractivity contribution in [1.29, 1.82) is 0 Å². The Morgan fingerprint density at radius 3 is 3.31 bits per heavy atom. The molecular weight excluding hydrogens is 186 g/mol. The monoisotopic (exact) mass is 199 g/mol. The van der Waals surface area contributed by atoms with Gasteiger partial charge in [0.15, 0.2) is 5.82 Å². The van der Waals surface area contributed by atoms with Gasteiger partial charge < -0.3 is 5.32 Å². The van der Waals surface area contributed by atoms with Crippen molar-refractivity contribution in [3.05, 3.63) is 5.82 Å². The Labute approximate surface area is 81.1 Å². The molecule has 0 saturated carbocycles. The number of thioether (sulfide) groups is 1. The van der Waals surface area contributed by atoms with Gasteiger partial charge in [-0.2, -0.15) is 17.0 Å². The largest absolute Gasteiger partial charge is 0.309 e. The molecule has 0 spiro atoms. The molecule has 1 aromatic heterocycles. The van der Waals surface area contributed by atoms with Crippen LogP contribution in [0.5, 0.6) is 0 Å². The molecule has 0 bridgehead atoms. The summed E-state index contributed by atoms with van der Waals surface area (Å²) in [4.78, 5) is 0. The SMILES string of the molecule is C1CC(CNCc2nn[nH]n2)CS1. The lowest BCUT2D eigenvalue weighted by Gasteiger charge is -2.07. The minimum atomic E-state index is 0.720. The van der Waals surface area contributed by atoms with Gasteiger partial charge in [-0.05, 0) is 30.4 Å². The minimum absolute atomic E-state index is 0.720. The highest BCUT2D eigenvalue weighted by Crippen LogP contribution is 2.22. The molecule has 1 aliphatic heterocycles. The van der Waals surface area contributed by atoms with Gasteiger partial charge in [-0.3, -0.25) is 0 Å². The predicted octanol–water partition coefficient (Wildman–Crippen LogP) is 0.0424. The number of nitrogens with zero attached hydrogens (tertiary/aromatic N) is 3. The quantitative estimate of drug-likeness (QED) is 0.717. The van der Waals surface area contributed by atoms with Crippen molar-refractivity contribution in [3.8, 4) is 0 Å². The van der Waals surface area contributed by atoms with E-state index < -0.39 is 0 Å². The van der Waals surface area contributed by atoms with Crippen molar-refractivity contribution in [2.45, 2.75) is 13.0 Å². The standard InChI is InChI=1S/C7H13N5S/c1-2-13-5-6(1)3-8-4-7-9-11-12-10-7/h6,8H,1-5H2,(H,9,10,11,12). The van der Waals surface area contributed by atoms with Crippen molar-refractivity contribution in [2.75, 3.05) is 18.1 Å². The van der Waals surface area contributed by atoms with Gasteiger partial charge in [0.1, 0.15) is 0 Å². The first-order valence-electron chi connectivity index (χ1n) is 4.46. The van der Waals surface area contributed by atoms with E-state index in [0.29, 0.717) is 0 Å². The first kappa shape index (κ1) is 8.96. The van der Waals surface area contributed by atoms with Crippen LogP contribution in [0.1, 0.15) is 12.2 Å². The highest BCUT2D eigenvalue weighted by molar-refractivity contribution is 7.99. The van der Waals surface area contributed by atoms with Crippen molar-refractivity contribution >= 4 is 11.8 Å². The van der Waals surface area contributed by atoms with Crippen LogP contribution in [0.25, 0.3) is 0 Å². The molecule has 0 aromatic carbocycles. The van der Waals surface area contributed by atoms with Gasteiger partial charge in [-0.15, -0.1) is 10.2 Å². The average molecular weight is 199 g/mol. The topological polar surface area (TPSA) is 66.5 Å². The molecule has 0 amide bonds. The van der Waals surface area contributed by atoms with Crippen LogP contribution in [0.15, 0.2) is 0 Å². The van der Waals surface area contributed by atoms with E-state index in [4.69, 9.17) is 0 Å². The summed E-state index contributed by atoms with van der Waals surface area (Å²) in [6.45, 7) is 1.79. The number of nitrogens with one attached hydrogen (secondary N) is 2. The molecule has 1 aromatic rings. The molecule has 5 nitrogen and oxygen atoms in total. The lowest BCUT2D eigenvalue weighted by molar-refractivity contribution is 0.516. The number of aromatic amines is 1. The summed E-state index contributed by atoms with van der Waals surface area (Å²) in [6, 6.07) is 0. The molecule has 1 unspecified atom stereocenters. The third kappa shape index (κ3) is 2.67. The molecular formula is C7H13N5S. The lowest BCUT2D eigenvalue weighted by Crippen LogP contribution is -2.22. The number of aromatic nitrogens is 4. The molecule has 1 atom stereocenters. The molecule has 2 rings (SSSR count). The Morgan fingerprint density at radius 1 is 1.62 bits per heavy atom. The molecule has 1 aliphatic rings. The lowest BCUT2D eigenvalue weighted by atomic mass is 10.1. The first-order chi connectivity index (χ1) is 6.45. The Kier molecular flexibility index (Phi) is 3.15. The molecule has 0 aliphatic carbocycles. The molecule has 72 valence electrons. The van der Waals surface area contributed by atoms with Crippen LogP contribution in [0, 0.1) is 5.92 Å². The third-order valence-corrected chi connectivity index (χ3v) is 3.36. The van der Waals surface area contributed by atoms with Crippen molar-refractivity contribution in [3.63, 3.8) is 0 Å². The fraction of sp³-hybridized carbons (Fsp3) is 0.857. The van der Waals surface area contributed by atoms with Gasteiger partial charge >= 0.3 is 0 Å². The van der Waals surface area contributed by atoms with E-state index >= 15 is 0 Å². The Morgan fingerprint density at radius 2 is 2.62 bits per heavy atom. The van der Waals surface area contributed by atoms with E-state index in [1.807, 2.05) is 11.8 Å². The minimum Gasteiger partial charge on any atom is -0.309 e. The maximum Gasteiger partial charge on any atom is 0.188 e. The van der Waals surface area contributed by atoms with Crippen LogP contribution in [-0.4, -0.2) is 38.7 Å². The van der Waals surface area contributed by atoms with Crippen molar-refractivity contribution in [2.24, 2.45) is 5.92 Å². The van der Waals surface area contributed by atoms with Gasteiger partial charge in [0, 0.05) is 0 Å². The third-order valence-electron chi connectivity index (χ3n) is 2.13. The molecule has 1 fully saturated rings. The second-order valence-corrected chi connectivity index (χ2v) is 4.34. The van der Waals surface area contributed by atoms with Crippen LogP contribution in [-0.2, 0) is 6.54 Å². The smallest absolute Gasteiger partial charge is 0.188 e. The summed E-state index contributed by atoms with van der Waals surface area (Å²) < 4.78 is 0. The van der Waals surface area contributed by atoms with E-state index in [1.165, 1.54) is 17.9 Å². The zero-order valence-corrected chi connectivity index (χ0v) is 8.18. The number of hydrogen-bond donors (Lipinski definition) is 2. The maximum atomic E-state index is 3.87. The number of hydrogen-bond acceptors (Lipinski definition) is 5. The maximum absolute atomic E-state index is 3.87. The second-order valence-electron chi connectivity index (χ2n) is 3.19. The van der Waals surface area contributed by atoms with Gasteiger partial charge in [0.2, 0.25) is 0 Å². The highest BCUT2D eigenvalue weighted by Gasteiger charge is 2.14. The Bertz CT molecular complexity index is 231. The molecule has 0 radical (unpaired) electrons. The van der Waals surface area contributed by atoms with Crippen molar-refractivity contribution < 1.29 is 0 Å². The van der Waals surface area contributed by atoms with E-state index in [0.717, 1.165) is 24.8 Å². The van der Waals surface area contributed by atoms with E-state index in [9.17, 15) is 0 Å². The Balaban J connectivity index is 1.63.